The van der Waals surface area contributed by atoms with E-state index in [-0.39, 0.29) is 11.9 Å². The van der Waals surface area contributed by atoms with Gasteiger partial charge in [0, 0.05) is 34.8 Å². The van der Waals surface area contributed by atoms with Gasteiger partial charge in [0.1, 0.15) is 11.4 Å². The molecule has 1 aliphatic carbocycles. The van der Waals surface area contributed by atoms with E-state index in [0.717, 1.165) is 34.6 Å². The Hall–Kier alpha value is -3.54. The SMILES string of the molecule is CCOc1ccc([C@H]2c3[nH]c4ccccc4c3CCN2C(=O)c2cc(C3CC3)[nH]n2)cc1. The number of aromatic nitrogens is 3. The van der Waals surface area contributed by atoms with Crippen LogP contribution in [0, 0.1) is 0 Å². The molecule has 0 bridgehead atoms. The Bertz CT molecular complexity index is 1280. The number of fused-ring (bicyclic) bond motifs is 3. The summed E-state index contributed by atoms with van der Waals surface area (Å²) in [6.45, 7) is 3.26. The smallest absolute Gasteiger partial charge is 0.275 e. The Morgan fingerprint density at radius 2 is 1.97 bits per heavy atom. The number of nitrogens with one attached hydrogen (secondary N) is 2. The average Bonchev–Trinajstić information content (AvgIpc) is 3.43. The Morgan fingerprint density at radius 3 is 2.75 bits per heavy atom. The molecule has 1 amide bonds. The Labute approximate surface area is 186 Å². The van der Waals surface area contributed by atoms with E-state index in [1.54, 1.807) is 0 Å². The van der Waals surface area contributed by atoms with E-state index < -0.39 is 0 Å². The highest BCUT2D eigenvalue weighted by molar-refractivity contribution is 5.94. The first kappa shape index (κ1) is 19.2. The molecule has 0 spiro atoms. The number of H-pyrrole nitrogens is 2. The van der Waals surface area contributed by atoms with Gasteiger partial charge in [-0.3, -0.25) is 9.89 Å². The summed E-state index contributed by atoms with van der Waals surface area (Å²) in [4.78, 5) is 19.2. The van der Waals surface area contributed by atoms with Crippen molar-refractivity contribution < 1.29 is 9.53 Å². The van der Waals surface area contributed by atoms with Crippen molar-refractivity contribution in [1.82, 2.24) is 20.1 Å². The molecule has 162 valence electrons. The van der Waals surface area contributed by atoms with Crippen LogP contribution >= 0.6 is 0 Å². The molecule has 0 saturated heterocycles. The van der Waals surface area contributed by atoms with E-state index in [1.807, 2.05) is 36.1 Å². The zero-order valence-corrected chi connectivity index (χ0v) is 18.1. The summed E-state index contributed by atoms with van der Waals surface area (Å²) in [5, 5.41) is 8.69. The number of nitrogens with zero attached hydrogens (tertiary/aromatic N) is 2. The average molecular weight is 427 g/mol. The number of benzene rings is 2. The number of para-hydroxylation sites is 1. The predicted molar refractivity (Wildman–Crippen MR) is 123 cm³/mol. The second-order valence-electron chi connectivity index (χ2n) is 8.70. The van der Waals surface area contributed by atoms with Gasteiger partial charge in [-0.05, 0) is 61.6 Å². The Kier molecular flexibility index (Phi) is 4.52. The maximum atomic E-state index is 13.6. The second-order valence-corrected chi connectivity index (χ2v) is 8.70. The van der Waals surface area contributed by atoms with Gasteiger partial charge in [0.05, 0.1) is 12.6 Å². The normalized spacial score (nSPS) is 18.0. The zero-order valence-electron chi connectivity index (χ0n) is 18.1. The molecule has 0 unspecified atom stereocenters. The van der Waals surface area contributed by atoms with Crippen LogP contribution in [0.25, 0.3) is 10.9 Å². The number of aromatic amines is 2. The number of hydrogen-bond donors (Lipinski definition) is 2. The zero-order chi connectivity index (χ0) is 21.7. The molecule has 6 nitrogen and oxygen atoms in total. The molecule has 32 heavy (non-hydrogen) atoms. The van der Waals surface area contributed by atoms with Gasteiger partial charge in [0.2, 0.25) is 0 Å². The van der Waals surface area contributed by atoms with E-state index in [4.69, 9.17) is 4.74 Å². The number of rotatable bonds is 5. The lowest BCUT2D eigenvalue weighted by Gasteiger charge is -2.36. The first-order chi connectivity index (χ1) is 15.7. The third-order valence-corrected chi connectivity index (χ3v) is 6.64. The molecule has 1 saturated carbocycles. The molecule has 0 radical (unpaired) electrons. The molecule has 6 heteroatoms. The van der Waals surface area contributed by atoms with Crippen molar-refractivity contribution in [3.63, 3.8) is 0 Å². The van der Waals surface area contributed by atoms with Crippen LogP contribution in [-0.4, -0.2) is 39.1 Å². The van der Waals surface area contributed by atoms with E-state index in [1.165, 1.54) is 23.8 Å². The third kappa shape index (κ3) is 3.18. The maximum Gasteiger partial charge on any atom is 0.275 e. The van der Waals surface area contributed by atoms with Gasteiger partial charge in [-0.25, -0.2) is 0 Å². The van der Waals surface area contributed by atoms with Gasteiger partial charge >= 0.3 is 0 Å². The van der Waals surface area contributed by atoms with Gasteiger partial charge in [-0.1, -0.05) is 30.3 Å². The molecule has 1 aliphatic heterocycles. The van der Waals surface area contributed by atoms with Crippen molar-refractivity contribution in [2.45, 2.75) is 38.1 Å². The van der Waals surface area contributed by atoms with Crippen molar-refractivity contribution in [2.75, 3.05) is 13.2 Å². The van der Waals surface area contributed by atoms with E-state index in [2.05, 4.69) is 45.5 Å². The summed E-state index contributed by atoms with van der Waals surface area (Å²) in [5.74, 6) is 1.34. The number of carbonyl (C=O) groups is 1. The minimum Gasteiger partial charge on any atom is -0.494 e. The maximum absolute atomic E-state index is 13.6. The van der Waals surface area contributed by atoms with Crippen LogP contribution in [0.15, 0.2) is 54.6 Å². The third-order valence-electron chi connectivity index (χ3n) is 6.64. The lowest BCUT2D eigenvalue weighted by atomic mass is 9.92. The molecule has 3 heterocycles. The highest BCUT2D eigenvalue weighted by Crippen LogP contribution is 2.41. The Morgan fingerprint density at radius 1 is 1.16 bits per heavy atom. The summed E-state index contributed by atoms with van der Waals surface area (Å²) in [7, 11) is 0. The number of amides is 1. The van der Waals surface area contributed by atoms with Crippen LogP contribution in [0.1, 0.15) is 64.7 Å². The lowest BCUT2D eigenvalue weighted by molar-refractivity contribution is 0.0686. The van der Waals surface area contributed by atoms with Gasteiger partial charge in [0.15, 0.2) is 0 Å². The molecule has 1 atom stereocenters. The van der Waals surface area contributed by atoms with Crippen molar-refractivity contribution in [2.24, 2.45) is 0 Å². The van der Waals surface area contributed by atoms with Gasteiger partial charge < -0.3 is 14.6 Å². The minimum atomic E-state index is -0.199. The molecule has 2 aliphatic rings. The molecular weight excluding hydrogens is 400 g/mol. The summed E-state index contributed by atoms with van der Waals surface area (Å²) < 4.78 is 5.64. The van der Waals surface area contributed by atoms with Crippen molar-refractivity contribution in [3.8, 4) is 5.75 Å². The molecule has 2 N–H and O–H groups in total. The monoisotopic (exact) mass is 426 g/mol. The minimum absolute atomic E-state index is 0.0312. The van der Waals surface area contributed by atoms with E-state index >= 15 is 0 Å². The van der Waals surface area contributed by atoms with Crippen LogP contribution in [0.5, 0.6) is 5.75 Å². The van der Waals surface area contributed by atoms with Crippen molar-refractivity contribution in [1.29, 1.82) is 0 Å². The van der Waals surface area contributed by atoms with Crippen LogP contribution in [0.2, 0.25) is 0 Å². The largest absolute Gasteiger partial charge is 0.494 e. The van der Waals surface area contributed by atoms with Crippen LogP contribution in [0.3, 0.4) is 0 Å². The first-order valence-corrected chi connectivity index (χ1v) is 11.4. The summed E-state index contributed by atoms with van der Waals surface area (Å²) in [6, 6.07) is 18.2. The van der Waals surface area contributed by atoms with Crippen molar-refractivity contribution >= 4 is 16.8 Å². The molecule has 2 aromatic carbocycles. The highest BCUT2D eigenvalue weighted by atomic mass is 16.5. The molecule has 6 rings (SSSR count). The molecule has 2 aromatic heterocycles. The second kappa shape index (κ2) is 7.55. The standard InChI is InChI=1S/C26H26N4O2/c1-2-32-18-11-9-17(10-12-18)25-24-20(19-5-3-4-6-21(19)27-24)13-14-30(25)26(31)23-15-22(28-29-23)16-7-8-16/h3-6,9-12,15-16,25,27H,2,7-8,13-14H2,1H3,(H,28,29)/t25-/m0/s1. The van der Waals surface area contributed by atoms with Gasteiger partial charge in [0.25, 0.3) is 5.91 Å². The summed E-state index contributed by atoms with van der Waals surface area (Å²) in [6.07, 6.45) is 3.16. The fraction of sp³-hybridized carbons (Fsp3) is 0.308. The van der Waals surface area contributed by atoms with Crippen LogP contribution in [-0.2, 0) is 6.42 Å². The van der Waals surface area contributed by atoms with Gasteiger partial charge in [-0.15, -0.1) is 0 Å². The summed E-state index contributed by atoms with van der Waals surface area (Å²) >= 11 is 0. The number of ether oxygens (including phenoxy) is 1. The number of hydrogen-bond acceptors (Lipinski definition) is 3. The molecular formula is C26H26N4O2. The van der Waals surface area contributed by atoms with Crippen LogP contribution in [0.4, 0.5) is 0 Å². The fourth-order valence-corrected chi connectivity index (χ4v) is 4.92. The van der Waals surface area contributed by atoms with E-state index in [9.17, 15) is 4.79 Å². The number of carbonyl (C=O) groups excluding carboxylic acids is 1. The molecule has 1 fully saturated rings. The molecule has 4 aromatic rings. The fourth-order valence-electron chi connectivity index (χ4n) is 4.92. The van der Waals surface area contributed by atoms with Crippen LogP contribution < -0.4 is 4.74 Å². The Balaban J connectivity index is 1.43. The predicted octanol–water partition coefficient (Wildman–Crippen LogP) is 4.96. The van der Waals surface area contributed by atoms with Crippen molar-refractivity contribution in [3.05, 3.63) is 82.8 Å². The first-order valence-electron chi connectivity index (χ1n) is 11.4. The topological polar surface area (TPSA) is 74.0 Å². The lowest BCUT2D eigenvalue weighted by Crippen LogP contribution is -2.40. The van der Waals surface area contributed by atoms with Gasteiger partial charge in [-0.2, -0.15) is 5.10 Å². The quantitative estimate of drug-likeness (QED) is 0.474. The van der Waals surface area contributed by atoms with E-state index in [0.29, 0.717) is 24.8 Å². The highest BCUT2D eigenvalue weighted by Gasteiger charge is 2.36. The summed E-state index contributed by atoms with van der Waals surface area (Å²) in [5.41, 5.74) is 6.14.